The Labute approximate surface area is 141 Å². The molecule has 0 saturated carbocycles. The van der Waals surface area contributed by atoms with Crippen molar-refractivity contribution in [1.29, 1.82) is 0 Å². The lowest BCUT2D eigenvalue weighted by Gasteiger charge is -2.07. The van der Waals surface area contributed by atoms with Gasteiger partial charge in [-0.1, -0.05) is 18.2 Å². The minimum atomic E-state index is -3.43. The number of ether oxygens (including phenoxy) is 1. The molecule has 0 unspecified atom stereocenters. The first-order valence-electron chi connectivity index (χ1n) is 7.18. The third kappa shape index (κ3) is 4.71. The van der Waals surface area contributed by atoms with Crippen molar-refractivity contribution in [2.45, 2.75) is 11.4 Å². The van der Waals surface area contributed by atoms with Gasteiger partial charge < -0.3 is 15.8 Å². The number of anilines is 1. The zero-order chi connectivity index (χ0) is 17.6. The van der Waals surface area contributed by atoms with Crippen molar-refractivity contribution in [3.63, 3.8) is 0 Å². The summed E-state index contributed by atoms with van der Waals surface area (Å²) in [6, 6.07) is 13.8. The Balaban J connectivity index is 2.01. The predicted octanol–water partition coefficient (Wildman–Crippen LogP) is 1.53. The molecule has 2 rings (SSSR count). The average molecular weight is 348 g/mol. The van der Waals surface area contributed by atoms with Crippen molar-refractivity contribution in [3.8, 4) is 5.75 Å². The van der Waals surface area contributed by atoms with Crippen LogP contribution < -0.4 is 20.5 Å². The summed E-state index contributed by atoms with van der Waals surface area (Å²) in [7, 11) is -0.463. The smallest absolute Gasteiger partial charge is 0.240 e. The van der Waals surface area contributed by atoms with Crippen molar-refractivity contribution >= 4 is 21.7 Å². The third-order valence-corrected chi connectivity index (χ3v) is 4.71. The minimum Gasteiger partial charge on any atom is -0.497 e. The highest BCUT2D eigenvalue weighted by atomic mass is 32.2. The Bertz CT molecular complexity index is 817. The van der Waals surface area contributed by atoms with E-state index in [2.05, 4.69) is 15.0 Å². The highest BCUT2D eigenvalue weighted by molar-refractivity contribution is 7.89. The van der Waals surface area contributed by atoms with Gasteiger partial charge in [0.15, 0.2) is 5.96 Å². The van der Waals surface area contributed by atoms with Crippen molar-refractivity contribution < 1.29 is 13.2 Å². The van der Waals surface area contributed by atoms with Gasteiger partial charge in [0.2, 0.25) is 10.0 Å². The van der Waals surface area contributed by atoms with Gasteiger partial charge in [0, 0.05) is 11.8 Å². The maximum Gasteiger partial charge on any atom is 0.240 e. The Kier molecular flexibility index (Phi) is 5.78. The second-order valence-corrected chi connectivity index (χ2v) is 6.80. The molecule has 4 N–H and O–H groups in total. The summed E-state index contributed by atoms with van der Waals surface area (Å²) in [6.45, 7) is 0.336. The van der Waals surface area contributed by atoms with Crippen LogP contribution in [0.25, 0.3) is 0 Å². The van der Waals surface area contributed by atoms with Crippen molar-refractivity contribution in [3.05, 3.63) is 54.1 Å². The van der Waals surface area contributed by atoms with Gasteiger partial charge in [-0.25, -0.2) is 18.1 Å². The topological polar surface area (TPSA) is 106 Å². The van der Waals surface area contributed by atoms with E-state index in [-0.39, 0.29) is 10.9 Å². The summed E-state index contributed by atoms with van der Waals surface area (Å²) in [6.07, 6.45) is 0. The van der Waals surface area contributed by atoms with E-state index in [9.17, 15) is 8.42 Å². The van der Waals surface area contributed by atoms with Crippen LogP contribution in [0, 0.1) is 0 Å². The first-order chi connectivity index (χ1) is 11.4. The van der Waals surface area contributed by atoms with Crippen LogP contribution in [-0.4, -0.2) is 28.5 Å². The standard InChI is InChI=1S/C16H20N4O3S/c1-18-24(21,22)15-8-6-12(7-9-15)11-19-16(17)20-13-4-3-5-14(10-13)23-2/h3-10,18H,11H2,1-2H3,(H3,17,19,20). The number of methoxy groups -OCH3 is 1. The molecule has 0 amide bonds. The third-order valence-electron chi connectivity index (χ3n) is 3.28. The van der Waals surface area contributed by atoms with Crippen LogP contribution in [0.3, 0.4) is 0 Å². The van der Waals surface area contributed by atoms with E-state index in [1.165, 1.54) is 19.2 Å². The number of guanidine groups is 1. The molecule has 0 heterocycles. The highest BCUT2D eigenvalue weighted by Gasteiger charge is 2.10. The minimum absolute atomic E-state index is 0.209. The van der Waals surface area contributed by atoms with E-state index in [0.29, 0.717) is 12.3 Å². The highest BCUT2D eigenvalue weighted by Crippen LogP contribution is 2.16. The molecule has 24 heavy (non-hydrogen) atoms. The van der Waals surface area contributed by atoms with Gasteiger partial charge in [-0.15, -0.1) is 0 Å². The molecule has 8 heteroatoms. The summed E-state index contributed by atoms with van der Waals surface area (Å²) >= 11 is 0. The van der Waals surface area contributed by atoms with Crippen LogP contribution in [0.4, 0.5) is 5.69 Å². The molecule has 2 aromatic rings. The largest absolute Gasteiger partial charge is 0.497 e. The number of benzene rings is 2. The molecule has 7 nitrogen and oxygen atoms in total. The number of hydrogen-bond acceptors (Lipinski definition) is 4. The molecule has 0 aromatic heterocycles. The maximum absolute atomic E-state index is 11.7. The van der Waals surface area contributed by atoms with Gasteiger partial charge in [-0.05, 0) is 36.9 Å². The second kappa shape index (κ2) is 7.80. The lowest BCUT2D eigenvalue weighted by Crippen LogP contribution is -2.22. The van der Waals surface area contributed by atoms with Gasteiger partial charge in [-0.3, -0.25) is 0 Å². The van der Waals surface area contributed by atoms with Gasteiger partial charge >= 0.3 is 0 Å². The number of nitrogens with one attached hydrogen (secondary N) is 2. The molecule has 0 spiro atoms. The quantitative estimate of drug-likeness (QED) is 0.542. The van der Waals surface area contributed by atoms with E-state index in [0.717, 1.165) is 11.3 Å². The first kappa shape index (κ1) is 17.8. The number of rotatable bonds is 6. The number of aliphatic imine (C=N–C) groups is 1. The van der Waals surface area contributed by atoms with E-state index >= 15 is 0 Å². The fourth-order valence-electron chi connectivity index (χ4n) is 1.96. The SMILES string of the molecule is CNS(=O)(=O)c1ccc(CN=C(N)Nc2cccc(OC)c2)cc1. The summed E-state index contributed by atoms with van der Waals surface area (Å²) in [5.41, 5.74) is 7.48. The molecule has 128 valence electrons. The summed E-state index contributed by atoms with van der Waals surface area (Å²) in [4.78, 5) is 4.44. The van der Waals surface area contributed by atoms with E-state index in [1.54, 1.807) is 25.3 Å². The number of nitrogens with zero attached hydrogens (tertiary/aromatic N) is 1. The second-order valence-electron chi connectivity index (χ2n) is 4.91. The Morgan fingerprint density at radius 2 is 1.92 bits per heavy atom. The average Bonchev–Trinajstić information content (AvgIpc) is 2.60. The Hall–Kier alpha value is -2.58. The van der Waals surface area contributed by atoms with Gasteiger partial charge in [0.05, 0.1) is 18.6 Å². The van der Waals surface area contributed by atoms with Gasteiger partial charge in [-0.2, -0.15) is 0 Å². The molecular formula is C16H20N4O3S. The Morgan fingerprint density at radius 3 is 2.54 bits per heavy atom. The van der Waals surface area contributed by atoms with E-state index in [4.69, 9.17) is 10.5 Å². The number of nitrogens with two attached hydrogens (primary N) is 1. The van der Waals surface area contributed by atoms with Crippen LogP contribution in [0.5, 0.6) is 5.75 Å². The van der Waals surface area contributed by atoms with Crippen molar-refractivity contribution in [2.75, 3.05) is 19.5 Å². The fourth-order valence-corrected chi connectivity index (χ4v) is 2.69. The van der Waals surface area contributed by atoms with E-state index in [1.807, 2.05) is 18.2 Å². The van der Waals surface area contributed by atoms with Crippen LogP contribution >= 0.6 is 0 Å². The summed E-state index contributed by atoms with van der Waals surface area (Å²) < 4.78 is 30.7. The molecular weight excluding hydrogens is 328 g/mol. The zero-order valence-corrected chi connectivity index (χ0v) is 14.3. The van der Waals surface area contributed by atoms with Crippen LogP contribution in [0.2, 0.25) is 0 Å². The molecule has 2 aromatic carbocycles. The monoisotopic (exact) mass is 348 g/mol. The predicted molar refractivity (Wildman–Crippen MR) is 94.6 cm³/mol. The molecule has 0 aliphatic rings. The molecule has 0 radical (unpaired) electrons. The number of sulfonamides is 1. The van der Waals surface area contributed by atoms with Gasteiger partial charge in [0.1, 0.15) is 5.75 Å². The van der Waals surface area contributed by atoms with E-state index < -0.39 is 10.0 Å². The molecule has 0 aliphatic carbocycles. The Morgan fingerprint density at radius 1 is 1.21 bits per heavy atom. The lowest BCUT2D eigenvalue weighted by atomic mass is 10.2. The summed E-state index contributed by atoms with van der Waals surface area (Å²) in [5.74, 6) is 0.976. The lowest BCUT2D eigenvalue weighted by molar-refractivity contribution is 0.415. The first-order valence-corrected chi connectivity index (χ1v) is 8.66. The van der Waals surface area contributed by atoms with Crippen LogP contribution in [-0.2, 0) is 16.6 Å². The molecule has 0 bridgehead atoms. The van der Waals surface area contributed by atoms with Crippen molar-refractivity contribution in [2.24, 2.45) is 10.7 Å². The molecule has 0 saturated heterocycles. The van der Waals surface area contributed by atoms with Crippen molar-refractivity contribution in [1.82, 2.24) is 4.72 Å². The fraction of sp³-hybridized carbons (Fsp3) is 0.188. The number of hydrogen-bond donors (Lipinski definition) is 3. The van der Waals surface area contributed by atoms with Gasteiger partial charge in [0.25, 0.3) is 0 Å². The molecule has 0 fully saturated rings. The molecule has 0 aliphatic heterocycles. The normalized spacial score (nSPS) is 12.0. The molecule has 0 atom stereocenters. The summed E-state index contributed by atoms with van der Waals surface area (Å²) in [5, 5.41) is 2.97. The van der Waals surface area contributed by atoms with Crippen LogP contribution in [0.1, 0.15) is 5.56 Å². The van der Waals surface area contributed by atoms with Crippen LogP contribution in [0.15, 0.2) is 58.4 Å². The zero-order valence-electron chi connectivity index (χ0n) is 13.5. The maximum atomic E-state index is 11.7.